The normalized spacial score (nSPS) is 16.2. The highest BCUT2D eigenvalue weighted by molar-refractivity contribution is 8.00. The highest BCUT2D eigenvalue weighted by Gasteiger charge is 2.17. The maximum Gasteiger partial charge on any atom is 0.260 e. The van der Waals surface area contributed by atoms with Crippen LogP contribution >= 0.6 is 46.0 Å². The first kappa shape index (κ1) is 20.9. The fraction of sp³-hybridized carbons (Fsp3) is 0.300. The first-order valence-electron chi connectivity index (χ1n) is 9.74. The molecule has 0 bridgehead atoms. The molecule has 1 aliphatic rings. The Kier molecular flexibility index (Phi) is 6.24. The average molecular weight is 492 g/mol. The number of rotatable bonds is 7. The van der Waals surface area contributed by atoms with Gasteiger partial charge in [0.2, 0.25) is 5.13 Å². The Morgan fingerprint density at radius 1 is 1.29 bits per heavy atom. The number of nitrogens with zero attached hydrogens (tertiary/aromatic N) is 3. The molecule has 1 unspecified atom stereocenters. The summed E-state index contributed by atoms with van der Waals surface area (Å²) in [4.78, 5) is 21.1. The second kappa shape index (κ2) is 9.25. The number of thioether (sulfide) groups is 1. The molecule has 1 saturated heterocycles. The molecule has 0 spiro atoms. The third-order valence-corrected chi connectivity index (χ3v) is 8.13. The topological polar surface area (TPSA) is 92.8 Å². The fourth-order valence-corrected chi connectivity index (χ4v) is 6.24. The number of fused-ring (bicyclic) bond motifs is 1. The number of hydrogen-bond donors (Lipinski definition) is 2. The first-order chi connectivity index (χ1) is 15.2. The molecule has 4 aromatic rings. The maximum absolute atomic E-state index is 12.8. The number of H-pyrrole nitrogens is 1. The molecule has 0 saturated carbocycles. The molecule has 7 nitrogen and oxygen atoms in total. The molecule has 1 aliphatic heterocycles. The number of benzene rings is 1. The summed E-state index contributed by atoms with van der Waals surface area (Å²) in [6.07, 6.45) is 2.45. The van der Waals surface area contributed by atoms with Crippen molar-refractivity contribution in [1.82, 2.24) is 20.2 Å². The smallest absolute Gasteiger partial charge is 0.260 e. The van der Waals surface area contributed by atoms with Crippen molar-refractivity contribution >= 4 is 61.4 Å². The van der Waals surface area contributed by atoms with Gasteiger partial charge in [-0.3, -0.25) is 4.79 Å². The minimum Gasteiger partial charge on any atom is -0.376 e. The minimum atomic E-state index is -0.159. The molecular formula is C20H18ClN5O2S3. The van der Waals surface area contributed by atoms with Crippen LogP contribution in [0.4, 0.5) is 5.13 Å². The van der Waals surface area contributed by atoms with E-state index in [4.69, 9.17) is 16.3 Å². The Labute approximate surface area is 195 Å². The number of hydrogen-bond acceptors (Lipinski definition) is 9. The van der Waals surface area contributed by atoms with Crippen molar-refractivity contribution in [2.24, 2.45) is 0 Å². The first-order valence-corrected chi connectivity index (χ1v) is 12.8. The van der Waals surface area contributed by atoms with Crippen LogP contribution in [0.2, 0.25) is 5.02 Å². The quantitative estimate of drug-likeness (QED) is 0.350. The van der Waals surface area contributed by atoms with Crippen molar-refractivity contribution in [3.05, 3.63) is 50.8 Å². The molecule has 3 aromatic heterocycles. The predicted molar refractivity (Wildman–Crippen MR) is 128 cm³/mol. The van der Waals surface area contributed by atoms with Gasteiger partial charge in [0.15, 0.2) is 4.34 Å². The second-order valence-electron chi connectivity index (χ2n) is 7.00. The van der Waals surface area contributed by atoms with Gasteiger partial charge in [-0.15, -0.1) is 21.5 Å². The summed E-state index contributed by atoms with van der Waals surface area (Å²) in [6, 6.07) is 7.50. The molecule has 2 N–H and O–H groups in total. The third kappa shape index (κ3) is 4.63. The van der Waals surface area contributed by atoms with Crippen LogP contribution in [0.5, 0.6) is 0 Å². The zero-order valence-corrected chi connectivity index (χ0v) is 19.5. The third-order valence-electron chi connectivity index (χ3n) is 4.90. The molecule has 11 heteroatoms. The van der Waals surface area contributed by atoms with E-state index in [1.54, 1.807) is 0 Å². The lowest BCUT2D eigenvalue weighted by Gasteiger charge is -2.08. The summed E-state index contributed by atoms with van der Waals surface area (Å²) in [5.74, 6) is 1.12. The summed E-state index contributed by atoms with van der Waals surface area (Å²) in [6.45, 7) is 1.58. The van der Waals surface area contributed by atoms with Crippen LogP contribution in [0.25, 0.3) is 21.3 Å². The van der Waals surface area contributed by atoms with Crippen molar-refractivity contribution in [2.45, 2.75) is 29.0 Å². The van der Waals surface area contributed by atoms with Crippen molar-refractivity contribution in [3.8, 4) is 11.1 Å². The highest BCUT2D eigenvalue weighted by atomic mass is 35.5. The molecule has 4 heterocycles. The molecule has 160 valence electrons. The average Bonchev–Trinajstić information content (AvgIpc) is 3.52. The van der Waals surface area contributed by atoms with Crippen LogP contribution in [-0.2, 0) is 10.5 Å². The molecule has 5 rings (SSSR count). The van der Waals surface area contributed by atoms with Gasteiger partial charge >= 0.3 is 0 Å². The Morgan fingerprint density at radius 3 is 3.03 bits per heavy atom. The summed E-state index contributed by atoms with van der Waals surface area (Å²) in [7, 11) is 0. The minimum absolute atomic E-state index is 0.159. The zero-order valence-electron chi connectivity index (χ0n) is 16.3. The molecule has 1 atom stereocenters. The standard InChI is InChI=1S/C20H18ClN5O2S3/c21-14-6-2-1-5-12(14)13-9-29-18-16(13)17(27)23-15(24-18)10-30-20-26-25-19(31-20)22-8-11-4-3-7-28-11/h1-2,5-6,9,11H,3-4,7-8,10H2,(H,22,25)(H,23,24,27). The van der Waals surface area contributed by atoms with Crippen LogP contribution in [0.15, 0.2) is 38.8 Å². The van der Waals surface area contributed by atoms with Gasteiger partial charge in [0, 0.05) is 34.7 Å². The van der Waals surface area contributed by atoms with Gasteiger partial charge in [0.1, 0.15) is 10.7 Å². The van der Waals surface area contributed by atoms with Crippen LogP contribution in [0, 0.1) is 0 Å². The molecule has 1 fully saturated rings. The number of aromatic amines is 1. The molecule has 0 amide bonds. The van der Waals surface area contributed by atoms with Crippen molar-refractivity contribution in [2.75, 3.05) is 18.5 Å². The van der Waals surface area contributed by atoms with Crippen LogP contribution in [-0.4, -0.2) is 39.4 Å². The van der Waals surface area contributed by atoms with E-state index in [1.807, 2.05) is 29.6 Å². The lowest BCUT2D eigenvalue weighted by atomic mass is 10.1. The second-order valence-corrected chi connectivity index (χ2v) is 10.5. The van der Waals surface area contributed by atoms with Crippen molar-refractivity contribution in [1.29, 1.82) is 0 Å². The van der Waals surface area contributed by atoms with E-state index in [-0.39, 0.29) is 11.7 Å². The zero-order chi connectivity index (χ0) is 21.2. The number of ether oxygens (including phenoxy) is 1. The van der Waals surface area contributed by atoms with Crippen LogP contribution < -0.4 is 10.9 Å². The molecule has 0 radical (unpaired) electrons. The summed E-state index contributed by atoms with van der Waals surface area (Å²) in [5.41, 5.74) is 1.49. The van der Waals surface area contributed by atoms with Gasteiger partial charge in [0.05, 0.1) is 17.2 Å². The fourth-order valence-electron chi connectivity index (χ4n) is 3.42. The van der Waals surface area contributed by atoms with Gasteiger partial charge in [-0.25, -0.2) is 4.98 Å². The van der Waals surface area contributed by atoms with Crippen LogP contribution in [0.3, 0.4) is 0 Å². The number of nitrogens with one attached hydrogen (secondary N) is 2. The van der Waals surface area contributed by atoms with Gasteiger partial charge in [0.25, 0.3) is 5.56 Å². The number of halogens is 1. The Bertz CT molecular complexity index is 1270. The molecule has 0 aliphatic carbocycles. The van der Waals surface area contributed by atoms with E-state index in [1.165, 1.54) is 34.4 Å². The molecule has 31 heavy (non-hydrogen) atoms. The Balaban J connectivity index is 1.28. The Hall–Kier alpha value is -1.98. The van der Waals surface area contributed by atoms with Crippen LogP contribution in [0.1, 0.15) is 18.7 Å². The van der Waals surface area contributed by atoms with Crippen molar-refractivity contribution < 1.29 is 4.74 Å². The number of aromatic nitrogens is 4. The lowest BCUT2D eigenvalue weighted by Crippen LogP contribution is -2.18. The van der Waals surface area contributed by atoms with Gasteiger partial charge in [-0.1, -0.05) is 52.9 Å². The monoisotopic (exact) mass is 491 g/mol. The van der Waals surface area contributed by atoms with E-state index in [2.05, 4.69) is 25.5 Å². The highest BCUT2D eigenvalue weighted by Crippen LogP contribution is 2.35. The van der Waals surface area contributed by atoms with E-state index >= 15 is 0 Å². The summed E-state index contributed by atoms with van der Waals surface area (Å²) >= 11 is 10.8. The maximum atomic E-state index is 12.8. The number of anilines is 1. The van der Waals surface area contributed by atoms with E-state index < -0.39 is 0 Å². The molecule has 1 aromatic carbocycles. The van der Waals surface area contributed by atoms with E-state index in [0.29, 0.717) is 26.8 Å². The van der Waals surface area contributed by atoms with E-state index in [0.717, 1.165) is 46.6 Å². The lowest BCUT2D eigenvalue weighted by molar-refractivity contribution is 0.120. The van der Waals surface area contributed by atoms with Gasteiger partial charge < -0.3 is 15.0 Å². The summed E-state index contributed by atoms with van der Waals surface area (Å²) < 4.78 is 6.43. The largest absolute Gasteiger partial charge is 0.376 e. The van der Waals surface area contributed by atoms with Crippen molar-refractivity contribution in [3.63, 3.8) is 0 Å². The molecular weight excluding hydrogens is 474 g/mol. The van der Waals surface area contributed by atoms with Gasteiger partial charge in [-0.05, 0) is 18.9 Å². The summed E-state index contributed by atoms with van der Waals surface area (Å²) in [5, 5.41) is 15.6. The number of thiophene rings is 1. The van der Waals surface area contributed by atoms with E-state index in [9.17, 15) is 4.79 Å². The Morgan fingerprint density at radius 2 is 2.19 bits per heavy atom. The predicted octanol–water partition coefficient (Wildman–Crippen LogP) is 5.04. The SMILES string of the molecule is O=c1[nH]c(CSc2nnc(NCC3CCCO3)s2)nc2scc(-c3ccccc3Cl)c12. The van der Waals surface area contributed by atoms with Gasteiger partial charge in [-0.2, -0.15) is 0 Å².